The number of hydrogen-bond acceptors (Lipinski definition) is 2. The summed E-state index contributed by atoms with van der Waals surface area (Å²) in [5, 5.41) is 0. The van der Waals surface area contributed by atoms with Crippen LogP contribution in [-0.2, 0) is 0 Å². The molecule has 0 spiro atoms. The summed E-state index contributed by atoms with van der Waals surface area (Å²) in [5.41, 5.74) is 0. The molecule has 0 saturated carbocycles. The predicted octanol–water partition coefficient (Wildman–Crippen LogP) is 1.65. The Hall–Kier alpha value is -0.500. The average Bonchev–Trinajstić information content (AvgIpc) is 2.83. The van der Waals surface area contributed by atoms with Crippen LogP contribution in [0, 0.1) is 23.7 Å². The summed E-state index contributed by atoms with van der Waals surface area (Å²) in [6.07, 6.45) is 6.12. The molecule has 0 N–H and O–H groups in total. The maximum absolute atomic E-state index is 2.67. The van der Waals surface area contributed by atoms with Crippen LogP contribution in [-0.4, -0.2) is 43.0 Å². The normalized spacial score (nSPS) is 48.9. The summed E-state index contributed by atoms with van der Waals surface area (Å²) >= 11 is 0. The molecule has 0 aromatic rings. The first kappa shape index (κ1) is 9.71. The fraction of sp³-hybridized carbons (Fsp3) is 0.846. The highest BCUT2D eigenvalue weighted by atomic mass is 15.2. The summed E-state index contributed by atoms with van der Waals surface area (Å²) < 4.78 is 0. The van der Waals surface area contributed by atoms with Crippen molar-refractivity contribution in [3.63, 3.8) is 0 Å². The molecule has 15 heavy (non-hydrogen) atoms. The quantitative estimate of drug-likeness (QED) is 0.643. The van der Waals surface area contributed by atoms with Crippen molar-refractivity contribution in [1.29, 1.82) is 0 Å². The van der Waals surface area contributed by atoms with Crippen LogP contribution in [0.5, 0.6) is 0 Å². The van der Waals surface area contributed by atoms with Crippen molar-refractivity contribution in [3.05, 3.63) is 12.3 Å². The van der Waals surface area contributed by atoms with Gasteiger partial charge in [-0.15, -0.1) is 0 Å². The molecule has 3 heterocycles. The van der Waals surface area contributed by atoms with Gasteiger partial charge in [0.1, 0.15) is 0 Å². The fourth-order valence-corrected chi connectivity index (χ4v) is 3.82. The lowest BCUT2D eigenvalue weighted by molar-refractivity contribution is 0.149. The Morgan fingerprint density at radius 3 is 2.67 bits per heavy atom. The van der Waals surface area contributed by atoms with Gasteiger partial charge in [-0.2, -0.15) is 0 Å². The molecule has 0 aromatic heterocycles. The van der Waals surface area contributed by atoms with Gasteiger partial charge in [0.05, 0.1) is 0 Å². The zero-order valence-corrected chi connectivity index (χ0v) is 9.89. The first-order chi connectivity index (χ1) is 7.24. The van der Waals surface area contributed by atoms with E-state index in [4.69, 9.17) is 0 Å². The van der Waals surface area contributed by atoms with E-state index in [-0.39, 0.29) is 0 Å². The molecule has 0 aromatic carbocycles. The van der Waals surface area contributed by atoms with Gasteiger partial charge in [0.25, 0.3) is 0 Å². The number of piperidine rings is 1. The monoisotopic (exact) mass is 206 g/mol. The number of allylic oxidation sites excluding steroid dienone is 1. The smallest absolute Gasteiger partial charge is 0.0206 e. The summed E-state index contributed by atoms with van der Waals surface area (Å²) in [5.74, 6) is 3.67. The van der Waals surface area contributed by atoms with Crippen molar-refractivity contribution in [2.75, 3.05) is 33.2 Å². The van der Waals surface area contributed by atoms with Crippen LogP contribution in [0.1, 0.15) is 13.3 Å². The zero-order valence-electron chi connectivity index (χ0n) is 9.89. The van der Waals surface area contributed by atoms with E-state index >= 15 is 0 Å². The van der Waals surface area contributed by atoms with E-state index in [0.29, 0.717) is 0 Å². The van der Waals surface area contributed by atoms with Gasteiger partial charge in [-0.25, -0.2) is 0 Å². The molecule has 5 atom stereocenters. The molecule has 0 aliphatic carbocycles. The van der Waals surface area contributed by atoms with E-state index < -0.39 is 0 Å². The van der Waals surface area contributed by atoms with Crippen LogP contribution in [0.15, 0.2) is 12.3 Å². The van der Waals surface area contributed by atoms with Gasteiger partial charge >= 0.3 is 0 Å². The molecule has 2 nitrogen and oxygen atoms in total. The Labute approximate surface area is 92.9 Å². The number of hydrogen-bond donors (Lipinski definition) is 0. The molecule has 5 unspecified atom stereocenters. The van der Waals surface area contributed by atoms with Crippen LogP contribution in [0.25, 0.3) is 0 Å². The van der Waals surface area contributed by atoms with E-state index in [9.17, 15) is 0 Å². The standard InChI is InChI=1S/C13H22N2/c1-10-3-5-14(2)8-12(10)13-9-15-6-4-11(13)7-15/h3,5,10-13H,4,6-9H2,1-2H3. The van der Waals surface area contributed by atoms with E-state index in [1.54, 1.807) is 0 Å². The molecule has 3 aliphatic heterocycles. The first-order valence-electron chi connectivity index (χ1n) is 6.35. The van der Waals surface area contributed by atoms with E-state index in [2.05, 4.69) is 36.0 Å². The lowest BCUT2D eigenvalue weighted by atomic mass is 9.74. The van der Waals surface area contributed by atoms with Crippen molar-refractivity contribution in [1.82, 2.24) is 9.80 Å². The minimum absolute atomic E-state index is 0.784. The SMILES string of the molecule is CC1C=CN(C)CC1C1CN2CCC1C2. The Morgan fingerprint density at radius 2 is 2.00 bits per heavy atom. The summed E-state index contributed by atoms with van der Waals surface area (Å²) in [6.45, 7) is 7.80. The third kappa shape index (κ3) is 1.59. The topological polar surface area (TPSA) is 6.48 Å². The third-order valence-electron chi connectivity index (χ3n) is 4.75. The lowest BCUT2D eigenvalue weighted by Gasteiger charge is -2.38. The molecular weight excluding hydrogens is 184 g/mol. The van der Waals surface area contributed by atoms with Crippen LogP contribution in [0.2, 0.25) is 0 Å². The molecular formula is C13H22N2. The molecule has 2 heteroatoms. The third-order valence-corrected chi connectivity index (χ3v) is 4.75. The Morgan fingerprint density at radius 1 is 1.13 bits per heavy atom. The molecule has 2 saturated heterocycles. The fourth-order valence-electron chi connectivity index (χ4n) is 3.82. The maximum atomic E-state index is 2.67. The van der Waals surface area contributed by atoms with Crippen molar-refractivity contribution >= 4 is 0 Å². The second-order valence-corrected chi connectivity index (χ2v) is 5.78. The number of fused-ring (bicyclic) bond motifs is 2. The predicted molar refractivity (Wildman–Crippen MR) is 62.5 cm³/mol. The Bertz CT molecular complexity index is 274. The average molecular weight is 206 g/mol. The summed E-state index contributed by atoms with van der Waals surface area (Å²) in [4.78, 5) is 5.03. The van der Waals surface area contributed by atoms with E-state index in [0.717, 1.165) is 23.7 Å². The van der Waals surface area contributed by atoms with Gasteiger partial charge in [0, 0.05) is 26.7 Å². The van der Waals surface area contributed by atoms with Crippen molar-refractivity contribution in [2.45, 2.75) is 13.3 Å². The number of rotatable bonds is 1. The molecule has 2 bridgehead atoms. The second-order valence-electron chi connectivity index (χ2n) is 5.78. The minimum Gasteiger partial charge on any atom is -0.380 e. The maximum Gasteiger partial charge on any atom is 0.0206 e. The van der Waals surface area contributed by atoms with Crippen LogP contribution in [0.3, 0.4) is 0 Å². The Kier molecular flexibility index (Phi) is 2.27. The summed E-state index contributed by atoms with van der Waals surface area (Å²) in [7, 11) is 2.21. The van der Waals surface area contributed by atoms with Crippen molar-refractivity contribution in [2.24, 2.45) is 23.7 Å². The molecule has 0 radical (unpaired) electrons. The van der Waals surface area contributed by atoms with E-state index in [1.165, 1.54) is 32.6 Å². The molecule has 84 valence electrons. The van der Waals surface area contributed by atoms with Gasteiger partial charge in [0.15, 0.2) is 0 Å². The van der Waals surface area contributed by atoms with Crippen LogP contribution < -0.4 is 0 Å². The van der Waals surface area contributed by atoms with Crippen molar-refractivity contribution in [3.8, 4) is 0 Å². The summed E-state index contributed by atoms with van der Waals surface area (Å²) in [6, 6.07) is 0. The van der Waals surface area contributed by atoms with Crippen LogP contribution in [0.4, 0.5) is 0 Å². The minimum atomic E-state index is 0.784. The van der Waals surface area contributed by atoms with Gasteiger partial charge in [-0.05, 0) is 42.8 Å². The van der Waals surface area contributed by atoms with Crippen LogP contribution >= 0.6 is 0 Å². The largest absolute Gasteiger partial charge is 0.380 e. The van der Waals surface area contributed by atoms with Gasteiger partial charge in [0.2, 0.25) is 0 Å². The first-order valence-corrected chi connectivity index (χ1v) is 6.35. The van der Waals surface area contributed by atoms with E-state index in [1.807, 2.05) is 0 Å². The Balaban J connectivity index is 1.74. The van der Waals surface area contributed by atoms with Gasteiger partial charge in [-0.3, -0.25) is 0 Å². The highest BCUT2D eigenvalue weighted by Crippen LogP contribution is 2.41. The zero-order chi connectivity index (χ0) is 10.4. The molecule has 3 aliphatic rings. The highest BCUT2D eigenvalue weighted by molar-refractivity contribution is 5.02. The highest BCUT2D eigenvalue weighted by Gasteiger charge is 2.43. The molecule has 0 amide bonds. The van der Waals surface area contributed by atoms with Gasteiger partial charge < -0.3 is 9.80 Å². The lowest BCUT2D eigenvalue weighted by Crippen LogP contribution is -2.39. The van der Waals surface area contributed by atoms with Crippen molar-refractivity contribution < 1.29 is 0 Å². The molecule has 3 rings (SSSR count). The molecule has 2 fully saturated rings. The second kappa shape index (κ2) is 3.51. The van der Waals surface area contributed by atoms with Gasteiger partial charge in [-0.1, -0.05) is 13.0 Å². The number of nitrogens with zero attached hydrogens (tertiary/aromatic N) is 2.